The zero-order chi connectivity index (χ0) is 35.4. The smallest absolute Gasteiger partial charge is 0.304 e. The molecule has 13 nitrogen and oxygen atoms in total. The molecule has 4 rings (SSSR count). The molecule has 3 heterocycles. The Morgan fingerprint density at radius 3 is 2.31 bits per heavy atom. The molecule has 0 bridgehead atoms. The fourth-order valence-corrected chi connectivity index (χ4v) is 7.05. The molecule has 2 unspecified atom stereocenters. The number of piperidine rings is 1. The molecule has 13 heteroatoms. The number of likely N-dealkylation sites (tertiary alicyclic amines) is 1. The third-order valence-electron chi connectivity index (χ3n) is 9.60. The zero-order valence-electron chi connectivity index (χ0n) is 29.1. The van der Waals surface area contributed by atoms with E-state index in [0.29, 0.717) is 12.2 Å². The topological polar surface area (TPSA) is 158 Å². The fourth-order valence-electron chi connectivity index (χ4n) is 7.05. The summed E-state index contributed by atoms with van der Waals surface area (Å²) in [7, 11) is 0. The molecule has 268 valence electrons. The number of carbonyl (C=O) groups is 5. The van der Waals surface area contributed by atoms with Crippen LogP contribution >= 0.6 is 0 Å². The Kier molecular flexibility index (Phi) is 13.7. The highest BCUT2D eigenvalue weighted by Crippen LogP contribution is 2.46. The zero-order valence-corrected chi connectivity index (χ0v) is 29.1. The second-order valence-corrected chi connectivity index (χ2v) is 13.2. The van der Waals surface area contributed by atoms with Gasteiger partial charge in [0.25, 0.3) is 5.91 Å². The van der Waals surface area contributed by atoms with Crippen molar-refractivity contribution in [1.29, 1.82) is 0 Å². The first-order valence-electron chi connectivity index (χ1n) is 17.2. The number of nitrogens with zero attached hydrogens (tertiary/aromatic N) is 3. The van der Waals surface area contributed by atoms with Crippen LogP contribution in [0.5, 0.6) is 0 Å². The Labute approximate surface area is 288 Å². The van der Waals surface area contributed by atoms with E-state index in [0.717, 1.165) is 70.1 Å². The van der Waals surface area contributed by atoms with Crippen molar-refractivity contribution in [2.45, 2.75) is 97.8 Å². The maximum absolute atomic E-state index is 14.0. The number of aromatic nitrogens is 1. The number of carbonyl (C=O) groups excluding carboxylic acids is 5. The quantitative estimate of drug-likeness (QED) is 0.159. The van der Waals surface area contributed by atoms with Crippen LogP contribution in [0.2, 0.25) is 0 Å². The molecule has 2 amide bonds. The molecule has 2 fully saturated rings. The van der Waals surface area contributed by atoms with Gasteiger partial charge in [0.05, 0.1) is 18.8 Å². The number of hydrogen-bond donors (Lipinski definition) is 1. The second-order valence-electron chi connectivity index (χ2n) is 13.2. The predicted octanol–water partition coefficient (Wildman–Crippen LogP) is 4.57. The molecule has 1 N–H and O–H groups in total. The third-order valence-corrected chi connectivity index (χ3v) is 9.60. The average molecular weight is 683 g/mol. The number of esters is 3. The summed E-state index contributed by atoms with van der Waals surface area (Å²) in [6.45, 7) is 7.90. The van der Waals surface area contributed by atoms with Gasteiger partial charge in [-0.25, -0.2) is 4.98 Å². The molecular weight excluding hydrogens is 632 g/mol. The molecule has 0 aromatic carbocycles. The largest absolute Gasteiger partial charge is 0.466 e. The molecule has 2 aliphatic rings. The molecular formula is C36H50N4O9. The Hall–Kier alpha value is -4.26. The monoisotopic (exact) mass is 682 g/mol. The highest BCUT2D eigenvalue weighted by molar-refractivity contribution is 6.04. The molecule has 0 spiro atoms. The standard InChI is InChI=1S/C36H50N4O9/c1-25-10-11-32(37-23-25)40(35(45)31-9-8-21-47-31)29-12-18-39(19-13-29)20-17-36(15-6-5-7-16-36)30(24-48-27(3)42)34(44)38-33(49-28(4)43)14-22-46-26(2)41/h8-11,21,23,29-30,33H,5-7,12-20,22,24H2,1-4H3,(H,38,44). The molecule has 1 saturated carbocycles. The first-order valence-corrected chi connectivity index (χ1v) is 17.2. The van der Waals surface area contributed by atoms with Gasteiger partial charge in [-0.05, 0) is 74.8 Å². The van der Waals surface area contributed by atoms with Gasteiger partial charge < -0.3 is 28.8 Å². The summed E-state index contributed by atoms with van der Waals surface area (Å²) in [6.07, 6.45) is 9.04. The highest BCUT2D eigenvalue weighted by Gasteiger charge is 2.45. The van der Waals surface area contributed by atoms with Crippen LogP contribution in [-0.2, 0) is 33.4 Å². The van der Waals surface area contributed by atoms with Crippen molar-refractivity contribution in [3.8, 4) is 0 Å². The van der Waals surface area contributed by atoms with Crippen molar-refractivity contribution in [3.05, 3.63) is 48.0 Å². The van der Waals surface area contributed by atoms with Crippen LogP contribution in [-0.4, -0.2) is 84.7 Å². The molecule has 2 aromatic heterocycles. The van der Waals surface area contributed by atoms with Crippen LogP contribution in [0.1, 0.15) is 94.7 Å². The van der Waals surface area contributed by atoms with E-state index in [-0.39, 0.29) is 43.3 Å². The number of aryl methyl sites for hydroxylation is 1. The van der Waals surface area contributed by atoms with Crippen molar-refractivity contribution >= 4 is 35.5 Å². The predicted molar refractivity (Wildman–Crippen MR) is 179 cm³/mol. The molecule has 1 aliphatic carbocycles. The molecule has 49 heavy (non-hydrogen) atoms. The first-order chi connectivity index (χ1) is 23.5. The third kappa shape index (κ3) is 10.9. The summed E-state index contributed by atoms with van der Waals surface area (Å²) in [5.41, 5.74) is 0.559. The normalized spacial score (nSPS) is 17.7. The summed E-state index contributed by atoms with van der Waals surface area (Å²) in [5.74, 6) is -1.94. The molecule has 2 aromatic rings. The van der Waals surface area contributed by atoms with Crippen molar-refractivity contribution in [2.75, 3.05) is 37.7 Å². The minimum absolute atomic E-state index is 0.0339. The van der Waals surface area contributed by atoms with Gasteiger partial charge in [-0.15, -0.1) is 0 Å². The van der Waals surface area contributed by atoms with Crippen molar-refractivity contribution in [3.63, 3.8) is 0 Å². The summed E-state index contributed by atoms with van der Waals surface area (Å²) < 4.78 is 21.3. The lowest BCUT2D eigenvalue weighted by Gasteiger charge is -2.45. The van der Waals surface area contributed by atoms with Gasteiger partial charge in [0.15, 0.2) is 12.0 Å². The average Bonchev–Trinajstić information content (AvgIpc) is 3.61. The molecule has 1 aliphatic heterocycles. The van der Waals surface area contributed by atoms with Gasteiger partial charge in [0.1, 0.15) is 12.4 Å². The lowest BCUT2D eigenvalue weighted by atomic mass is 9.63. The lowest BCUT2D eigenvalue weighted by Crippen LogP contribution is -2.51. The van der Waals surface area contributed by atoms with Crippen molar-refractivity contribution in [1.82, 2.24) is 15.2 Å². The van der Waals surface area contributed by atoms with Crippen LogP contribution in [0.4, 0.5) is 5.82 Å². The number of furan rings is 1. The lowest BCUT2D eigenvalue weighted by molar-refractivity contribution is -0.155. The van der Waals surface area contributed by atoms with E-state index >= 15 is 0 Å². The Morgan fingerprint density at radius 1 is 1.00 bits per heavy atom. The van der Waals surface area contributed by atoms with Crippen molar-refractivity contribution in [2.24, 2.45) is 11.3 Å². The number of anilines is 1. The number of amides is 2. The Balaban J connectivity index is 1.46. The second kappa shape index (κ2) is 17.9. The molecule has 1 saturated heterocycles. The van der Waals surface area contributed by atoms with Crippen molar-refractivity contribution < 1.29 is 42.6 Å². The molecule has 2 atom stereocenters. The minimum atomic E-state index is -1.00. The van der Waals surface area contributed by atoms with Gasteiger partial charge in [-0.3, -0.25) is 28.9 Å². The summed E-state index contributed by atoms with van der Waals surface area (Å²) in [6, 6.07) is 7.11. The number of rotatable bonds is 15. The fraction of sp³-hybridized carbons (Fsp3) is 0.611. The molecule has 0 radical (unpaired) electrons. The van der Waals surface area contributed by atoms with E-state index in [1.807, 2.05) is 19.1 Å². The maximum atomic E-state index is 14.0. The van der Waals surface area contributed by atoms with Crippen LogP contribution in [0.15, 0.2) is 41.1 Å². The van der Waals surface area contributed by atoms with Crippen LogP contribution in [0.25, 0.3) is 0 Å². The van der Waals surface area contributed by atoms with Crippen LogP contribution < -0.4 is 10.2 Å². The van der Waals surface area contributed by atoms with Gasteiger partial charge in [-0.1, -0.05) is 25.3 Å². The minimum Gasteiger partial charge on any atom is -0.466 e. The van der Waals surface area contributed by atoms with E-state index < -0.39 is 35.5 Å². The summed E-state index contributed by atoms with van der Waals surface area (Å²) in [4.78, 5) is 71.3. The number of ether oxygens (including phenoxy) is 3. The van der Waals surface area contributed by atoms with E-state index in [4.69, 9.17) is 18.6 Å². The van der Waals surface area contributed by atoms with Crippen LogP contribution in [0.3, 0.4) is 0 Å². The number of pyridine rings is 1. The van der Waals surface area contributed by atoms with Gasteiger partial charge in [-0.2, -0.15) is 0 Å². The Bertz CT molecular complexity index is 1400. The van der Waals surface area contributed by atoms with Gasteiger partial charge in [0, 0.05) is 52.5 Å². The van der Waals surface area contributed by atoms with E-state index in [1.165, 1.54) is 27.0 Å². The van der Waals surface area contributed by atoms with Gasteiger partial charge in [0.2, 0.25) is 5.91 Å². The SMILES string of the molecule is CC(=O)OCCC(NC(=O)C(COC(C)=O)C1(CCN2CCC(N(C(=O)c3ccco3)c3ccc(C)cn3)CC2)CCCCC1)OC(C)=O. The number of hydrogen-bond acceptors (Lipinski definition) is 11. The first kappa shape index (κ1) is 37.6. The Morgan fingerprint density at radius 2 is 1.71 bits per heavy atom. The highest BCUT2D eigenvalue weighted by atomic mass is 16.6. The maximum Gasteiger partial charge on any atom is 0.304 e. The summed E-state index contributed by atoms with van der Waals surface area (Å²) >= 11 is 0. The van der Waals surface area contributed by atoms with E-state index in [9.17, 15) is 24.0 Å². The van der Waals surface area contributed by atoms with Gasteiger partial charge >= 0.3 is 17.9 Å². The van der Waals surface area contributed by atoms with E-state index in [2.05, 4.69) is 15.2 Å². The van der Waals surface area contributed by atoms with Crippen LogP contribution in [0, 0.1) is 18.3 Å². The van der Waals surface area contributed by atoms with E-state index in [1.54, 1.807) is 23.2 Å². The number of nitrogens with one attached hydrogen (secondary N) is 1. The summed E-state index contributed by atoms with van der Waals surface area (Å²) in [5, 5.41) is 2.84.